The van der Waals surface area contributed by atoms with Gasteiger partial charge in [0.1, 0.15) is 0 Å². The number of aryl methyl sites for hydroxylation is 2. The fourth-order valence-electron chi connectivity index (χ4n) is 7.38. The fourth-order valence-corrected chi connectivity index (χ4v) is 7.38. The van der Waals surface area contributed by atoms with Gasteiger partial charge in [-0.25, -0.2) is 0 Å². The molecule has 1 radical (unpaired) electrons. The van der Waals surface area contributed by atoms with Gasteiger partial charge in [0.2, 0.25) is 11.8 Å². The van der Waals surface area contributed by atoms with Crippen LogP contribution in [-0.2, 0) is 56.1 Å². The van der Waals surface area contributed by atoms with Gasteiger partial charge < -0.3 is 10.5 Å². The zero-order chi connectivity index (χ0) is 43.9. The van der Waals surface area contributed by atoms with E-state index >= 15 is 0 Å². The number of amides is 2. The van der Waals surface area contributed by atoms with Crippen LogP contribution in [-0.4, -0.2) is 19.4 Å². The molecule has 4 nitrogen and oxygen atoms in total. The third-order valence-corrected chi connectivity index (χ3v) is 10.2. The maximum atomic E-state index is 10.6. The van der Waals surface area contributed by atoms with Crippen molar-refractivity contribution in [3.05, 3.63) is 131 Å². The van der Waals surface area contributed by atoms with Crippen molar-refractivity contribution < 1.29 is 30.4 Å². The average Bonchev–Trinajstić information content (AvgIpc) is 3.85. The van der Waals surface area contributed by atoms with Crippen LogP contribution < -0.4 is 10.5 Å². The fraction of sp³-hybridized carbons (Fsp3) is 0.385. The summed E-state index contributed by atoms with van der Waals surface area (Å²) in [6.07, 6.45) is 10.5. The van der Waals surface area contributed by atoms with Gasteiger partial charge in [-0.3, -0.25) is 9.59 Å². The first-order valence-corrected chi connectivity index (χ1v) is 28.2. The van der Waals surface area contributed by atoms with E-state index in [0.29, 0.717) is 24.7 Å². The molecular formula is C52H66BCl2N2O2Zr. The minimum absolute atomic E-state index is 0.110. The van der Waals surface area contributed by atoms with E-state index in [-0.39, 0.29) is 11.8 Å². The van der Waals surface area contributed by atoms with Gasteiger partial charge in [-0.15, -0.1) is 69.1 Å². The summed E-state index contributed by atoms with van der Waals surface area (Å²) in [5.74, 6) is 1.18. The summed E-state index contributed by atoms with van der Waals surface area (Å²) in [4.78, 5) is 21.2. The molecule has 0 aliphatic rings. The molecule has 8 heteroatoms. The van der Waals surface area contributed by atoms with Crippen molar-refractivity contribution in [2.24, 2.45) is 11.8 Å². The van der Waals surface area contributed by atoms with Gasteiger partial charge in [-0.05, 0) is 72.6 Å². The van der Waals surface area contributed by atoms with E-state index in [1.54, 1.807) is 13.8 Å². The first kappa shape index (κ1) is 50.9. The number of hydrogen-bond donors (Lipinski definition) is 2. The van der Waals surface area contributed by atoms with Crippen LogP contribution >= 0.6 is 17.0 Å². The third-order valence-electron chi connectivity index (χ3n) is 10.2. The van der Waals surface area contributed by atoms with Crippen LogP contribution in [0.25, 0.3) is 43.8 Å². The Morgan fingerprint density at radius 3 is 1.30 bits per heavy atom. The molecule has 0 unspecified atom stereocenters. The molecule has 0 bridgehead atoms. The maximum absolute atomic E-state index is 10.6. The van der Waals surface area contributed by atoms with Crippen molar-refractivity contribution in [1.82, 2.24) is 10.5 Å². The molecule has 0 saturated carbocycles. The van der Waals surface area contributed by atoms with E-state index in [1.165, 1.54) is 112 Å². The van der Waals surface area contributed by atoms with Gasteiger partial charge in [-0.1, -0.05) is 140 Å². The number of rotatable bonds is 16. The molecule has 6 rings (SSSR count). The SMILES string of the molecule is CCC(=O)N[B]NC(=O)CC.CCCCc1ccccc1-c1cccc2[cH-]c(CC(C)C)cc12.CCCCc1ccccc1-c1cccc2[cH-]c(CC(C)C)cc12.[Cl][Zr+2][Cl]. The summed E-state index contributed by atoms with van der Waals surface area (Å²) in [7, 11) is 11.1. The first-order valence-electron chi connectivity index (χ1n) is 21.9. The molecular weight excluding hydrogens is 858 g/mol. The van der Waals surface area contributed by atoms with Crippen LogP contribution in [0.3, 0.4) is 0 Å². The number of halogens is 2. The van der Waals surface area contributed by atoms with Crippen molar-refractivity contribution in [2.45, 2.75) is 120 Å². The Morgan fingerprint density at radius 2 is 0.950 bits per heavy atom. The van der Waals surface area contributed by atoms with E-state index in [4.69, 9.17) is 17.0 Å². The number of benzene rings is 4. The van der Waals surface area contributed by atoms with E-state index in [9.17, 15) is 9.59 Å². The van der Waals surface area contributed by atoms with Gasteiger partial charge in [0.25, 0.3) is 0 Å². The van der Waals surface area contributed by atoms with Gasteiger partial charge in [0.05, 0.1) is 0 Å². The normalized spacial score (nSPS) is 10.5. The van der Waals surface area contributed by atoms with E-state index in [0.717, 1.165) is 12.8 Å². The summed E-state index contributed by atoms with van der Waals surface area (Å²) in [6.45, 7) is 17.2. The predicted octanol–water partition coefficient (Wildman–Crippen LogP) is 14.5. The van der Waals surface area contributed by atoms with E-state index in [1.807, 2.05) is 0 Å². The zero-order valence-corrected chi connectivity index (χ0v) is 41.2. The monoisotopic (exact) mass is 921 g/mol. The molecule has 60 heavy (non-hydrogen) atoms. The van der Waals surface area contributed by atoms with Crippen molar-refractivity contribution in [3.8, 4) is 22.3 Å². The van der Waals surface area contributed by atoms with Crippen LogP contribution in [0.4, 0.5) is 0 Å². The van der Waals surface area contributed by atoms with Crippen LogP contribution in [0.5, 0.6) is 0 Å². The first-order chi connectivity index (χ1) is 29.0. The van der Waals surface area contributed by atoms with Crippen LogP contribution in [0.2, 0.25) is 0 Å². The molecule has 0 aliphatic carbocycles. The molecule has 0 spiro atoms. The molecule has 0 aliphatic heterocycles. The second kappa shape index (κ2) is 28.2. The third kappa shape index (κ3) is 16.8. The Balaban J connectivity index is 0.000000247. The molecule has 2 amide bonds. The molecule has 2 N–H and O–H groups in total. The van der Waals surface area contributed by atoms with Crippen LogP contribution in [0.15, 0.2) is 109 Å². The van der Waals surface area contributed by atoms with Crippen LogP contribution in [0, 0.1) is 11.8 Å². The van der Waals surface area contributed by atoms with Gasteiger partial charge in [-0.2, -0.15) is 12.1 Å². The molecule has 0 atom stereocenters. The molecule has 0 fully saturated rings. The van der Waals surface area contributed by atoms with Crippen molar-refractivity contribution in [3.63, 3.8) is 0 Å². The summed E-state index contributed by atoms with van der Waals surface area (Å²) in [6, 6.07) is 40.8. The van der Waals surface area contributed by atoms with Crippen LogP contribution in [0.1, 0.15) is 116 Å². The molecule has 6 aromatic rings. The number of nitrogens with one attached hydrogen (secondary N) is 2. The average molecular weight is 924 g/mol. The van der Waals surface area contributed by atoms with Crippen molar-refractivity contribution in [2.75, 3.05) is 0 Å². The summed E-state index contributed by atoms with van der Waals surface area (Å²) in [5, 5.41) is 10.4. The van der Waals surface area contributed by atoms with Crippen molar-refractivity contribution in [1.29, 1.82) is 0 Å². The molecule has 0 aromatic heterocycles. The number of fused-ring (bicyclic) bond motifs is 2. The van der Waals surface area contributed by atoms with Gasteiger partial charge in [0.15, 0.2) is 0 Å². The molecule has 317 valence electrons. The molecule has 0 saturated heterocycles. The second-order valence-electron chi connectivity index (χ2n) is 16.1. The summed E-state index contributed by atoms with van der Waals surface area (Å²) < 4.78 is 0. The van der Waals surface area contributed by atoms with Gasteiger partial charge in [0, 0.05) is 12.8 Å². The molecule has 0 heterocycles. The quantitative estimate of drug-likeness (QED) is 0.0751. The number of unbranched alkanes of at least 4 members (excludes halogenated alkanes) is 2. The Labute approximate surface area is 381 Å². The Bertz CT molecular complexity index is 2020. The number of carbonyl (C=O) groups excluding carboxylic acids is 2. The minimum atomic E-state index is -0.826. The Morgan fingerprint density at radius 1 is 0.583 bits per heavy atom. The Hall–Kier alpha value is -3.43. The standard InChI is InChI=1S/2C23H27.C6H12BN2O2.2ClH.Zr/c2*1-4-5-9-19-10-6-7-12-21(19)22-13-8-11-20-15-18(14-17(2)3)16-23(20)22;1-3-5(10)8-7-9-6(11)4-2;;;/h2*6-8,10-13,15-17H,4-5,9,14H2,1-3H3;3-4H2,1-2H3,(H,8,10)(H,9,11);2*1H;/q2*-1;;;;+4/p-2. The van der Waals surface area contributed by atoms with Crippen molar-refractivity contribution >= 4 is 57.9 Å². The Kier molecular flexibility index (Phi) is 24.0. The molecule has 6 aromatic carbocycles. The van der Waals surface area contributed by atoms with Gasteiger partial charge >= 0.3 is 45.4 Å². The number of hydrogen-bond acceptors (Lipinski definition) is 2. The predicted molar refractivity (Wildman–Crippen MR) is 259 cm³/mol. The number of carbonyl (C=O) groups is 2. The summed E-state index contributed by atoms with van der Waals surface area (Å²) >= 11 is -0.826. The zero-order valence-electron chi connectivity index (χ0n) is 37.3. The van der Waals surface area contributed by atoms with E-state index in [2.05, 4.69) is 161 Å². The van der Waals surface area contributed by atoms with E-state index < -0.39 is 20.8 Å². The summed E-state index contributed by atoms with van der Waals surface area (Å²) in [5.41, 5.74) is 11.5. The topological polar surface area (TPSA) is 58.2 Å². The second-order valence-corrected chi connectivity index (χ2v) is 19.9.